The van der Waals surface area contributed by atoms with Crippen LogP contribution in [0.3, 0.4) is 0 Å². The van der Waals surface area contributed by atoms with Crippen LogP contribution >= 0.6 is 0 Å². The second-order valence-electron chi connectivity index (χ2n) is 6.59. The molecule has 5 unspecified atom stereocenters. The molecule has 0 aromatic heterocycles. The number of rotatable bonds is 0. The van der Waals surface area contributed by atoms with Crippen LogP contribution < -0.4 is 0 Å². The molecule has 2 bridgehead atoms. The van der Waals surface area contributed by atoms with Gasteiger partial charge in [0.15, 0.2) is 0 Å². The van der Waals surface area contributed by atoms with Crippen LogP contribution in [0.25, 0.3) is 0 Å². The standard InChI is InChI=1S/C13H24/c1-8-9(2)11-6-10(8)7-12(11)13(3,4)5/h8-12H,6-7H2,1-5H3. The minimum atomic E-state index is 0.549. The molecule has 0 saturated heterocycles. The Hall–Kier alpha value is 0. The van der Waals surface area contributed by atoms with Gasteiger partial charge in [0.2, 0.25) is 0 Å². The van der Waals surface area contributed by atoms with Gasteiger partial charge >= 0.3 is 0 Å². The first-order valence-corrected chi connectivity index (χ1v) is 5.91. The molecule has 0 heterocycles. The van der Waals surface area contributed by atoms with Crippen LogP contribution in [0.5, 0.6) is 0 Å². The molecular formula is C13H24. The third-order valence-corrected chi connectivity index (χ3v) is 5.01. The minimum Gasteiger partial charge on any atom is -0.0620 e. The molecule has 0 spiro atoms. The summed E-state index contributed by atoms with van der Waals surface area (Å²) in [5.74, 6) is 5.10. The Labute approximate surface area is 83.1 Å². The lowest BCUT2D eigenvalue weighted by Crippen LogP contribution is -2.32. The molecule has 5 atom stereocenters. The lowest BCUT2D eigenvalue weighted by Gasteiger charge is -2.39. The van der Waals surface area contributed by atoms with Crippen LogP contribution in [-0.2, 0) is 0 Å². The van der Waals surface area contributed by atoms with E-state index in [0.717, 1.165) is 29.6 Å². The minimum absolute atomic E-state index is 0.549. The highest BCUT2D eigenvalue weighted by molar-refractivity contribution is 5.00. The maximum absolute atomic E-state index is 2.48. The van der Waals surface area contributed by atoms with E-state index in [2.05, 4.69) is 34.6 Å². The Morgan fingerprint density at radius 3 is 1.92 bits per heavy atom. The van der Waals surface area contributed by atoms with E-state index >= 15 is 0 Å². The highest BCUT2D eigenvalue weighted by atomic mass is 14.6. The fourth-order valence-electron chi connectivity index (χ4n) is 3.94. The normalized spacial score (nSPS) is 50.1. The lowest BCUT2D eigenvalue weighted by molar-refractivity contribution is 0.0964. The van der Waals surface area contributed by atoms with Gasteiger partial charge in [0.05, 0.1) is 0 Å². The van der Waals surface area contributed by atoms with Crippen LogP contribution in [0.2, 0.25) is 0 Å². The van der Waals surface area contributed by atoms with Crippen molar-refractivity contribution in [1.29, 1.82) is 0 Å². The van der Waals surface area contributed by atoms with Crippen molar-refractivity contribution >= 4 is 0 Å². The number of hydrogen-bond donors (Lipinski definition) is 0. The predicted molar refractivity (Wildman–Crippen MR) is 57.5 cm³/mol. The van der Waals surface area contributed by atoms with E-state index in [-0.39, 0.29) is 0 Å². The van der Waals surface area contributed by atoms with E-state index in [4.69, 9.17) is 0 Å². The molecular weight excluding hydrogens is 156 g/mol. The van der Waals surface area contributed by atoms with Gasteiger partial charge in [-0.3, -0.25) is 0 Å². The monoisotopic (exact) mass is 180 g/mol. The van der Waals surface area contributed by atoms with Gasteiger partial charge in [0, 0.05) is 0 Å². The molecule has 0 N–H and O–H groups in total. The molecule has 2 aliphatic carbocycles. The van der Waals surface area contributed by atoms with E-state index in [0.29, 0.717) is 5.41 Å². The Morgan fingerprint density at radius 1 is 0.923 bits per heavy atom. The smallest absolute Gasteiger partial charge is 0.0331 e. The van der Waals surface area contributed by atoms with Gasteiger partial charge in [0.25, 0.3) is 0 Å². The Kier molecular flexibility index (Phi) is 2.02. The van der Waals surface area contributed by atoms with E-state index in [1.807, 2.05) is 0 Å². The summed E-state index contributed by atoms with van der Waals surface area (Å²) in [6.07, 6.45) is 3.05. The average Bonchev–Trinajstić information content (AvgIpc) is 2.51. The van der Waals surface area contributed by atoms with E-state index < -0.39 is 0 Å². The maximum atomic E-state index is 2.48. The van der Waals surface area contributed by atoms with Gasteiger partial charge in [-0.25, -0.2) is 0 Å². The molecule has 13 heavy (non-hydrogen) atoms. The molecule has 0 amide bonds. The highest BCUT2D eigenvalue weighted by Gasteiger charge is 2.51. The molecule has 0 heteroatoms. The summed E-state index contributed by atoms with van der Waals surface area (Å²) in [5, 5.41) is 0. The van der Waals surface area contributed by atoms with Gasteiger partial charge in [0.1, 0.15) is 0 Å². The van der Waals surface area contributed by atoms with Crippen molar-refractivity contribution in [3.05, 3.63) is 0 Å². The van der Waals surface area contributed by atoms with Crippen molar-refractivity contribution in [2.24, 2.45) is 35.0 Å². The summed E-state index contributed by atoms with van der Waals surface area (Å²) in [5.41, 5.74) is 0.549. The van der Waals surface area contributed by atoms with Crippen molar-refractivity contribution < 1.29 is 0 Å². The summed E-state index contributed by atoms with van der Waals surface area (Å²) in [6.45, 7) is 12.2. The summed E-state index contributed by atoms with van der Waals surface area (Å²) >= 11 is 0. The molecule has 0 radical (unpaired) electrons. The predicted octanol–water partition coefficient (Wildman–Crippen LogP) is 3.96. The first-order chi connectivity index (χ1) is 5.91. The molecule has 0 aliphatic heterocycles. The summed E-state index contributed by atoms with van der Waals surface area (Å²) in [7, 11) is 0. The van der Waals surface area contributed by atoms with Gasteiger partial charge in [-0.2, -0.15) is 0 Å². The van der Waals surface area contributed by atoms with Gasteiger partial charge in [-0.15, -0.1) is 0 Å². The number of hydrogen-bond acceptors (Lipinski definition) is 0. The van der Waals surface area contributed by atoms with Crippen molar-refractivity contribution in [1.82, 2.24) is 0 Å². The van der Waals surface area contributed by atoms with Crippen LogP contribution in [0.1, 0.15) is 47.5 Å². The molecule has 2 aliphatic rings. The summed E-state index contributed by atoms with van der Waals surface area (Å²) in [6, 6.07) is 0. The van der Waals surface area contributed by atoms with E-state index in [1.54, 1.807) is 0 Å². The molecule has 76 valence electrons. The second kappa shape index (κ2) is 2.74. The van der Waals surface area contributed by atoms with Gasteiger partial charge < -0.3 is 0 Å². The van der Waals surface area contributed by atoms with Crippen molar-refractivity contribution in [2.45, 2.75) is 47.5 Å². The van der Waals surface area contributed by atoms with Crippen LogP contribution in [0.4, 0.5) is 0 Å². The topological polar surface area (TPSA) is 0 Å². The first-order valence-electron chi connectivity index (χ1n) is 5.91. The summed E-state index contributed by atoms with van der Waals surface area (Å²) < 4.78 is 0. The molecule has 0 aromatic rings. The van der Waals surface area contributed by atoms with Crippen molar-refractivity contribution in [3.8, 4) is 0 Å². The zero-order valence-electron chi connectivity index (χ0n) is 9.80. The molecule has 2 saturated carbocycles. The molecule has 0 aromatic carbocycles. The van der Waals surface area contributed by atoms with Crippen molar-refractivity contribution in [2.75, 3.05) is 0 Å². The highest BCUT2D eigenvalue weighted by Crippen LogP contribution is 2.59. The third-order valence-electron chi connectivity index (χ3n) is 5.01. The Balaban J connectivity index is 2.15. The maximum Gasteiger partial charge on any atom is -0.0331 e. The average molecular weight is 180 g/mol. The molecule has 2 fully saturated rings. The fraction of sp³-hybridized carbons (Fsp3) is 1.00. The first kappa shape index (κ1) is 9.55. The van der Waals surface area contributed by atoms with Crippen LogP contribution in [-0.4, -0.2) is 0 Å². The van der Waals surface area contributed by atoms with Crippen LogP contribution in [0.15, 0.2) is 0 Å². The Morgan fingerprint density at radius 2 is 1.54 bits per heavy atom. The van der Waals surface area contributed by atoms with E-state index in [9.17, 15) is 0 Å². The fourth-order valence-corrected chi connectivity index (χ4v) is 3.94. The number of fused-ring (bicyclic) bond motifs is 2. The quantitative estimate of drug-likeness (QED) is 0.529. The lowest BCUT2D eigenvalue weighted by atomic mass is 9.66. The molecule has 0 nitrogen and oxygen atoms in total. The third kappa shape index (κ3) is 1.33. The molecule has 2 rings (SSSR count). The Bertz CT molecular complexity index is 197. The zero-order valence-corrected chi connectivity index (χ0v) is 9.80. The van der Waals surface area contributed by atoms with E-state index in [1.165, 1.54) is 12.8 Å². The van der Waals surface area contributed by atoms with Gasteiger partial charge in [-0.05, 0) is 47.8 Å². The van der Waals surface area contributed by atoms with Crippen LogP contribution in [0, 0.1) is 35.0 Å². The van der Waals surface area contributed by atoms with Crippen molar-refractivity contribution in [3.63, 3.8) is 0 Å². The second-order valence-corrected chi connectivity index (χ2v) is 6.59. The largest absolute Gasteiger partial charge is 0.0620 e. The van der Waals surface area contributed by atoms with Gasteiger partial charge in [-0.1, -0.05) is 34.6 Å². The zero-order chi connectivity index (χ0) is 9.80. The SMILES string of the molecule is CC1C2CC(C1C)C(C(C)(C)C)C2. The summed E-state index contributed by atoms with van der Waals surface area (Å²) in [4.78, 5) is 0.